The van der Waals surface area contributed by atoms with Gasteiger partial charge in [-0.2, -0.15) is 4.74 Å². The summed E-state index contributed by atoms with van der Waals surface area (Å²) in [5, 5.41) is 12.5. The quantitative estimate of drug-likeness (QED) is 0.274. The molecule has 6 heteroatoms. The summed E-state index contributed by atoms with van der Waals surface area (Å²) in [5.41, 5.74) is 0. The van der Waals surface area contributed by atoms with Gasteiger partial charge in [-0.15, -0.1) is 0 Å². The standard InChI is InChI=1S/C14H20N2O2S2/c1-4-5-8-15-12(14(2,3)20-13(15)19)16(17)10-11-7-6-9-18-11/h6-7,9-10,12H,4-5,8H2,1-3H3/b16-10-/t12-/m0/s1. The second-order valence-electron chi connectivity index (χ2n) is 5.40. The van der Waals surface area contributed by atoms with Crippen molar-refractivity contribution in [3.63, 3.8) is 0 Å². The first kappa shape index (κ1) is 15.4. The Bertz CT molecular complexity index is 497. The minimum absolute atomic E-state index is 0.240. The lowest BCUT2D eigenvalue weighted by molar-refractivity contribution is -0.524. The third kappa shape index (κ3) is 3.17. The Labute approximate surface area is 129 Å². The van der Waals surface area contributed by atoms with Gasteiger partial charge in [0.15, 0.2) is 5.76 Å². The fraction of sp³-hybridized carbons (Fsp3) is 0.571. The number of nitrogens with zero attached hydrogens (tertiary/aromatic N) is 2. The van der Waals surface area contributed by atoms with Crippen LogP contribution < -0.4 is 0 Å². The van der Waals surface area contributed by atoms with E-state index >= 15 is 0 Å². The van der Waals surface area contributed by atoms with Crippen molar-refractivity contribution in [3.05, 3.63) is 29.4 Å². The van der Waals surface area contributed by atoms with Crippen LogP contribution in [-0.2, 0) is 0 Å². The molecule has 0 radical (unpaired) electrons. The highest BCUT2D eigenvalue weighted by atomic mass is 32.2. The van der Waals surface area contributed by atoms with Crippen molar-refractivity contribution in [1.29, 1.82) is 0 Å². The Balaban J connectivity index is 2.26. The molecule has 4 nitrogen and oxygen atoms in total. The number of thiocarbonyl (C=S) groups is 1. The summed E-state index contributed by atoms with van der Waals surface area (Å²) in [7, 11) is 0. The van der Waals surface area contributed by atoms with Gasteiger partial charge in [0, 0.05) is 6.54 Å². The van der Waals surface area contributed by atoms with Crippen molar-refractivity contribution in [3.8, 4) is 0 Å². The van der Waals surface area contributed by atoms with Gasteiger partial charge in [0.05, 0.1) is 6.26 Å². The van der Waals surface area contributed by atoms with Crippen LogP contribution in [0.5, 0.6) is 0 Å². The van der Waals surface area contributed by atoms with Crippen LogP contribution in [0.25, 0.3) is 0 Å². The van der Waals surface area contributed by atoms with Crippen LogP contribution in [0.15, 0.2) is 22.8 Å². The zero-order valence-corrected chi connectivity index (χ0v) is 13.7. The molecule has 0 aliphatic carbocycles. The third-order valence-corrected chi connectivity index (χ3v) is 4.92. The Hall–Kier alpha value is -1.01. The first-order valence-corrected chi connectivity index (χ1v) is 8.01. The van der Waals surface area contributed by atoms with E-state index < -0.39 is 0 Å². The highest BCUT2D eigenvalue weighted by Crippen LogP contribution is 2.41. The maximum absolute atomic E-state index is 12.5. The zero-order valence-electron chi connectivity index (χ0n) is 12.0. The Kier molecular flexibility index (Phi) is 4.75. The Morgan fingerprint density at radius 1 is 1.60 bits per heavy atom. The highest BCUT2D eigenvalue weighted by Gasteiger charge is 2.50. The molecule has 0 spiro atoms. The van der Waals surface area contributed by atoms with Gasteiger partial charge in [0.1, 0.15) is 9.07 Å². The van der Waals surface area contributed by atoms with Crippen LogP contribution >= 0.6 is 24.0 Å². The first-order valence-electron chi connectivity index (χ1n) is 6.79. The molecule has 0 amide bonds. The van der Waals surface area contributed by atoms with E-state index in [-0.39, 0.29) is 10.9 Å². The Morgan fingerprint density at radius 2 is 2.35 bits per heavy atom. The fourth-order valence-corrected chi connectivity index (χ4v) is 4.29. The molecule has 1 aromatic heterocycles. The lowest BCUT2D eigenvalue weighted by atomic mass is 10.1. The van der Waals surface area contributed by atoms with E-state index in [1.54, 1.807) is 30.2 Å². The molecule has 20 heavy (non-hydrogen) atoms. The van der Waals surface area contributed by atoms with Gasteiger partial charge in [-0.3, -0.25) is 4.90 Å². The van der Waals surface area contributed by atoms with Crippen LogP contribution in [0.1, 0.15) is 39.4 Å². The SMILES string of the molecule is CCCCN1C(=S)SC(C)(C)[C@@H]1/[N+]([O-])=C/c1ccco1. The second-order valence-corrected chi connectivity index (χ2v) is 7.68. The summed E-state index contributed by atoms with van der Waals surface area (Å²) < 4.78 is 6.76. The number of hydrogen-bond donors (Lipinski definition) is 0. The first-order chi connectivity index (χ1) is 9.45. The van der Waals surface area contributed by atoms with Crippen molar-refractivity contribution >= 4 is 34.5 Å². The number of hydroxylamine groups is 1. The fourth-order valence-electron chi connectivity index (χ4n) is 2.36. The molecular weight excluding hydrogens is 292 g/mol. The molecule has 2 rings (SSSR count). The predicted octanol–water partition coefficient (Wildman–Crippen LogP) is 3.45. The lowest BCUT2D eigenvalue weighted by Gasteiger charge is -2.29. The molecule has 1 aromatic rings. The molecule has 110 valence electrons. The topological polar surface area (TPSA) is 42.5 Å². The number of furan rings is 1. The number of rotatable bonds is 5. The van der Waals surface area contributed by atoms with E-state index in [1.165, 1.54) is 6.21 Å². The second kappa shape index (κ2) is 6.18. The average Bonchev–Trinajstić information content (AvgIpc) is 2.92. The average molecular weight is 312 g/mol. The molecular formula is C14H20N2O2S2. The molecule has 1 atom stereocenters. The van der Waals surface area contributed by atoms with Gasteiger partial charge in [-0.05, 0) is 32.4 Å². The van der Waals surface area contributed by atoms with Gasteiger partial charge >= 0.3 is 0 Å². The van der Waals surface area contributed by atoms with E-state index in [2.05, 4.69) is 20.8 Å². The molecule has 1 aliphatic heterocycles. The molecule has 0 bridgehead atoms. The summed E-state index contributed by atoms with van der Waals surface area (Å²) in [6, 6.07) is 3.54. The monoisotopic (exact) mass is 312 g/mol. The van der Waals surface area contributed by atoms with Crippen LogP contribution in [-0.4, -0.2) is 37.6 Å². The van der Waals surface area contributed by atoms with E-state index in [4.69, 9.17) is 16.6 Å². The van der Waals surface area contributed by atoms with Gasteiger partial charge in [0.2, 0.25) is 6.21 Å². The summed E-state index contributed by atoms with van der Waals surface area (Å²) >= 11 is 7.03. The number of hydrogen-bond acceptors (Lipinski definition) is 4. The van der Waals surface area contributed by atoms with E-state index in [0.29, 0.717) is 5.76 Å². The summed E-state index contributed by atoms with van der Waals surface area (Å²) in [5.74, 6) is 0.564. The van der Waals surface area contributed by atoms with Crippen LogP contribution in [0.4, 0.5) is 0 Å². The van der Waals surface area contributed by atoms with Crippen molar-refractivity contribution in [2.24, 2.45) is 0 Å². The molecule has 0 unspecified atom stereocenters. The van der Waals surface area contributed by atoms with E-state index in [9.17, 15) is 5.21 Å². The molecule has 0 N–H and O–H groups in total. The van der Waals surface area contributed by atoms with Gasteiger partial charge in [-0.1, -0.05) is 37.3 Å². The van der Waals surface area contributed by atoms with Gasteiger partial charge in [0.25, 0.3) is 6.17 Å². The minimum atomic E-state index is -0.295. The maximum Gasteiger partial charge on any atom is 0.254 e. The van der Waals surface area contributed by atoms with Crippen molar-refractivity contribution in [2.45, 2.75) is 44.5 Å². The molecule has 1 aliphatic rings. The Morgan fingerprint density at radius 3 is 2.95 bits per heavy atom. The normalized spacial score (nSPS) is 22.6. The largest absolute Gasteiger partial charge is 0.622 e. The lowest BCUT2D eigenvalue weighted by Crippen LogP contribution is -2.48. The highest BCUT2D eigenvalue weighted by molar-refractivity contribution is 8.24. The molecule has 0 aromatic carbocycles. The van der Waals surface area contributed by atoms with Crippen molar-refractivity contribution in [2.75, 3.05) is 6.54 Å². The third-order valence-electron chi connectivity index (χ3n) is 3.29. The van der Waals surface area contributed by atoms with Gasteiger partial charge < -0.3 is 9.62 Å². The molecule has 0 saturated carbocycles. The van der Waals surface area contributed by atoms with Crippen LogP contribution in [0.2, 0.25) is 0 Å². The summed E-state index contributed by atoms with van der Waals surface area (Å²) in [6.45, 7) is 7.07. The smallest absolute Gasteiger partial charge is 0.254 e. The predicted molar refractivity (Wildman–Crippen MR) is 87.2 cm³/mol. The maximum atomic E-state index is 12.5. The minimum Gasteiger partial charge on any atom is -0.622 e. The zero-order chi connectivity index (χ0) is 14.8. The van der Waals surface area contributed by atoms with Crippen molar-refractivity contribution < 1.29 is 9.16 Å². The summed E-state index contributed by atoms with van der Waals surface area (Å²) in [6.07, 6.45) is 4.88. The summed E-state index contributed by atoms with van der Waals surface area (Å²) in [4.78, 5) is 2.04. The van der Waals surface area contributed by atoms with E-state index in [0.717, 1.165) is 28.4 Å². The molecule has 1 fully saturated rings. The van der Waals surface area contributed by atoms with Crippen LogP contribution in [0.3, 0.4) is 0 Å². The van der Waals surface area contributed by atoms with Gasteiger partial charge in [-0.25, -0.2) is 0 Å². The van der Waals surface area contributed by atoms with Crippen LogP contribution in [0, 0.1) is 5.21 Å². The van der Waals surface area contributed by atoms with E-state index in [1.807, 2.05) is 4.90 Å². The van der Waals surface area contributed by atoms with Crippen molar-refractivity contribution in [1.82, 2.24) is 4.90 Å². The molecule has 2 heterocycles. The number of thioether (sulfide) groups is 1. The molecule has 1 saturated heterocycles. The number of unbranched alkanes of at least 4 members (excludes halogenated alkanes) is 1.